The number of nitrogens with two attached hydrogens (primary N) is 3. The lowest BCUT2D eigenvalue weighted by atomic mass is 9.86. The number of rotatable bonds is 19. The third kappa shape index (κ3) is 16.6. The van der Waals surface area contributed by atoms with Crippen LogP contribution in [0.1, 0.15) is 78.7 Å². The largest absolute Gasteiger partial charge is 0.370 e. The highest BCUT2D eigenvalue weighted by molar-refractivity contribution is 5.92. The van der Waals surface area contributed by atoms with E-state index in [1.54, 1.807) is 24.8 Å². The third-order valence-corrected chi connectivity index (χ3v) is 17.6. The molecule has 2 aromatic carbocycles. The monoisotopic (exact) mass is 1330 g/mol. The van der Waals surface area contributed by atoms with Gasteiger partial charge in [-0.3, -0.25) is 20.4 Å². The number of benzene rings is 2. The van der Waals surface area contributed by atoms with E-state index in [0.29, 0.717) is 47.9 Å². The molecule has 2 unspecified atom stereocenters. The topological polar surface area (TPSA) is 356 Å². The first-order chi connectivity index (χ1) is 48.3. The van der Waals surface area contributed by atoms with Crippen molar-refractivity contribution in [1.82, 2.24) is 86.0 Å². The molecule has 15 N–H and O–H groups in total. The first kappa shape index (κ1) is 65.2. The number of piperidine rings is 1. The minimum absolute atomic E-state index is 0. The van der Waals surface area contributed by atoms with Crippen LogP contribution in [-0.4, -0.2) is 133 Å². The van der Waals surface area contributed by atoms with Crippen LogP contribution < -0.4 is 43.8 Å². The van der Waals surface area contributed by atoms with Crippen molar-refractivity contribution in [3.63, 3.8) is 0 Å². The molecule has 24 nitrogen and oxygen atoms in total. The Balaban J connectivity index is 0.000000708. The summed E-state index contributed by atoms with van der Waals surface area (Å²) in [5, 5.41) is 50.1. The van der Waals surface area contributed by atoms with E-state index in [4.69, 9.17) is 32.2 Å². The summed E-state index contributed by atoms with van der Waals surface area (Å²) in [6, 6.07) is 60.0. The summed E-state index contributed by atoms with van der Waals surface area (Å²) in [4.78, 5) is 35.8. The fourth-order valence-electron chi connectivity index (χ4n) is 12.2. The van der Waals surface area contributed by atoms with Crippen LogP contribution in [0.25, 0.3) is 89.7 Å². The smallest absolute Gasteiger partial charge is 0.181 e. The Labute approximate surface area is 584 Å². The SMILES string of the molecule is NC1CCC(CNc2cccc(-c3[nH]nc4ncccc34)n2)CC1.NCC(CNc1cccc(-c2[nH]nc3ncccc23)n1)c1ccccc1.N[C@H](CNc1cccc(-c2[nH]nc3ncccc23)n1)c1ccccc1.[HH].[HH].[HH].[HH].[HH].[HH].[HH].[HH].[HH].[HH].[HH].[HH].c1cc(NCC2CCCNC2)nc(-c2[nH]nc3ncccc23)c1. The van der Waals surface area contributed by atoms with Crippen molar-refractivity contribution in [3.05, 3.63) is 218 Å². The van der Waals surface area contributed by atoms with Gasteiger partial charge in [0.05, 0.1) is 45.6 Å². The van der Waals surface area contributed by atoms with Crippen molar-refractivity contribution in [2.45, 2.75) is 56.5 Å². The van der Waals surface area contributed by atoms with Gasteiger partial charge in [0.25, 0.3) is 0 Å². The van der Waals surface area contributed by atoms with Gasteiger partial charge in [-0.15, -0.1) is 0 Å². The predicted molar refractivity (Wildman–Crippen MR) is 415 cm³/mol. The second-order valence-electron chi connectivity index (χ2n) is 24.4. The first-order valence-corrected chi connectivity index (χ1v) is 33.4. The first-order valence-electron chi connectivity index (χ1n) is 33.4. The van der Waals surface area contributed by atoms with Gasteiger partial charge in [0.1, 0.15) is 23.3 Å². The van der Waals surface area contributed by atoms with Gasteiger partial charge in [-0.25, -0.2) is 39.9 Å². The molecule has 16 rings (SSSR count). The highest BCUT2D eigenvalue weighted by Crippen LogP contribution is 2.30. The van der Waals surface area contributed by atoms with E-state index >= 15 is 0 Å². The number of pyridine rings is 8. The molecule has 0 bridgehead atoms. The molecule has 2 aliphatic rings. The number of hydrogen-bond donors (Lipinski definition) is 12. The summed E-state index contributed by atoms with van der Waals surface area (Å²) >= 11 is 0. The van der Waals surface area contributed by atoms with Crippen LogP contribution >= 0.6 is 0 Å². The van der Waals surface area contributed by atoms with Crippen LogP contribution in [0.5, 0.6) is 0 Å². The van der Waals surface area contributed by atoms with E-state index in [2.05, 4.69) is 104 Å². The predicted octanol–water partition coefficient (Wildman–Crippen LogP) is 14.6. The molecule has 1 aliphatic carbocycles. The van der Waals surface area contributed by atoms with Gasteiger partial charge in [0, 0.05) is 114 Å². The van der Waals surface area contributed by atoms with E-state index < -0.39 is 0 Å². The Morgan fingerprint density at radius 1 is 0.408 bits per heavy atom. The van der Waals surface area contributed by atoms with E-state index in [0.717, 1.165) is 147 Å². The van der Waals surface area contributed by atoms with Crippen LogP contribution in [0.15, 0.2) is 207 Å². The van der Waals surface area contributed by atoms with Crippen molar-refractivity contribution in [1.29, 1.82) is 0 Å². The maximum absolute atomic E-state index is 6.24. The second-order valence-corrected chi connectivity index (χ2v) is 24.4. The minimum atomic E-state index is -0.0937. The van der Waals surface area contributed by atoms with Gasteiger partial charge in [-0.2, -0.15) is 20.4 Å². The molecule has 1 saturated carbocycles. The summed E-state index contributed by atoms with van der Waals surface area (Å²) in [6.07, 6.45) is 14.1. The van der Waals surface area contributed by atoms with Gasteiger partial charge in [0.2, 0.25) is 0 Å². The standard InChI is InChI=1S/C20H20N6.C19H18N6.C18H22N6.C17H20N6.12H2/c21-12-15(14-6-2-1-3-7-14)13-23-18-10-4-9-17(24-18)19-16-8-5-11-22-20(16)26-25-19;20-15(13-6-2-1-3-7-13)12-22-17-10-4-9-16(23-17)18-14-8-5-11-21-19(14)25-24-18;19-13-8-6-12(7-9-13)11-21-16-5-1-4-15(22-16)17-14-3-2-10-20-18(14)24-23-17;1-6-14(16-13-5-3-9-19-17(13)23-22-16)21-15(7-1)20-11-12-4-2-8-18-10-12;;;;;;;;;;;;/h1-11,15H,12-13,21H2,(H,23,24)(H,22,25,26);1-11,15H,12,20H2,(H,22,23)(H,21,24,25);1-5,10,12-13H,6-9,11,19H2,(H,21,22)(H,20,23,24);1,3,5-7,9,12,18H,2,4,8,10-11H2,(H,20,21)(H,19,22,23);12*1H/t;15-;;;;;;;;;;;;;;/m.1............../s1. The van der Waals surface area contributed by atoms with Crippen molar-refractivity contribution < 1.29 is 17.1 Å². The van der Waals surface area contributed by atoms with Crippen molar-refractivity contribution in [2.75, 3.05) is 67.1 Å². The zero-order valence-electron chi connectivity index (χ0n) is 54.3. The Kier molecular flexibility index (Phi) is 21.5. The fourth-order valence-corrected chi connectivity index (χ4v) is 12.2. The molecule has 1 saturated heterocycles. The minimum Gasteiger partial charge on any atom is -0.370 e. The molecule has 14 aromatic rings. The summed E-state index contributed by atoms with van der Waals surface area (Å²) in [5.41, 5.74) is 30.2. The maximum atomic E-state index is 6.24. The Hall–Kier alpha value is -11.4. The Morgan fingerprint density at radius 3 is 1.19 bits per heavy atom. The number of anilines is 4. The normalized spacial score (nSPS) is 15.8. The van der Waals surface area contributed by atoms with Crippen LogP contribution in [0.3, 0.4) is 0 Å². The molecule has 1 aliphatic heterocycles. The van der Waals surface area contributed by atoms with E-state index in [1.807, 2.05) is 170 Å². The molecule has 98 heavy (non-hydrogen) atoms. The number of fused-ring (bicyclic) bond motifs is 4. The number of hydrogen-bond acceptors (Lipinski definition) is 20. The highest BCUT2D eigenvalue weighted by atomic mass is 15.2. The van der Waals surface area contributed by atoms with Gasteiger partial charge in [-0.05, 0) is 172 Å². The zero-order valence-corrected chi connectivity index (χ0v) is 54.3. The van der Waals surface area contributed by atoms with Crippen LogP contribution in [0, 0.1) is 11.8 Å². The van der Waals surface area contributed by atoms with Crippen molar-refractivity contribution in [2.24, 2.45) is 29.0 Å². The number of aromatic nitrogens is 16. The highest BCUT2D eigenvalue weighted by Gasteiger charge is 2.20. The number of aromatic amines is 4. The molecular formula is C74H104N24. The third-order valence-electron chi connectivity index (χ3n) is 17.6. The molecule has 12 aromatic heterocycles. The number of H-pyrrole nitrogens is 4. The van der Waals surface area contributed by atoms with Crippen LogP contribution in [0.2, 0.25) is 0 Å². The quantitative estimate of drug-likeness (QED) is 0.0358. The van der Waals surface area contributed by atoms with Crippen molar-refractivity contribution in [3.8, 4) is 45.6 Å². The van der Waals surface area contributed by atoms with Gasteiger partial charge in [-0.1, -0.05) is 84.9 Å². The lowest BCUT2D eigenvalue weighted by Gasteiger charge is -2.26. The van der Waals surface area contributed by atoms with Gasteiger partial charge >= 0.3 is 0 Å². The van der Waals surface area contributed by atoms with Crippen LogP contribution in [0.4, 0.5) is 23.3 Å². The lowest BCUT2D eigenvalue weighted by molar-refractivity contribution is 0.338. The molecule has 520 valence electrons. The maximum Gasteiger partial charge on any atom is 0.181 e. The molecule has 13 heterocycles. The zero-order chi connectivity index (χ0) is 66.7. The molecule has 3 atom stereocenters. The Bertz CT molecular complexity index is 4840. The lowest BCUT2D eigenvalue weighted by Crippen LogP contribution is -2.33. The van der Waals surface area contributed by atoms with E-state index in [9.17, 15) is 0 Å². The Morgan fingerprint density at radius 2 is 0.796 bits per heavy atom. The number of nitrogens with zero attached hydrogens (tertiary/aromatic N) is 12. The molecular weight excluding hydrogens is 1220 g/mol. The summed E-state index contributed by atoms with van der Waals surface area (Å²) in [5.74, 6) is 4.98. The second kappa shape index (κ2) is 32.3. The molecule has 0 amide bonds. The molecule has 0 radical (unpaired) electrons. The average Bonchev–Trinajstić information content (AvgIpc) is 1.67. The van der Waals surface area contributed by atoms with Gasteiger partial charge < -0.3 is 43.8 Å². The summed E-state index contributed by atoms with van der Waals surface area (Å²) in [6.45, 7) is 6.04. The van der Waals surface area contributed by atoms with Gasteiger partial charge in [0.15, 0.2) is 22.6 Å². The van der Waals surface area contributed by atoms with E-state index in [-0.39, 0.29) is 29.1 Å². The molecule has 0 spiro atoms. The number of nitrogens with one attached hydrogen (secondary N) is 9. The van der Waals surface area contributed by atoms with E-state index in [1.165, 1.54) is 31.2 Å². The van der Waals surface area contributed by atoms with Crippen molar-refractivity contribution >= 4 is 67.4 Å². The average molecular weight is 1330 g/mol. The summed E-state index contributed by atoms with van der Waals surface area (Å²) in [7, 11) is 0. The molecule has 2 fully saturated rings. The van der Waals surface area contributed by atoms with Crippen LogP contribution in [-0.2, 0) is 0 Å². The fraction of sp³-hybridized carbons (Fsp3) is 0.243. The summed E-state index contributed by atoms with van der Waals surface area (Å²) < 4.78 is 0. The molecule has 24 heteroatoms.